The summed E-state index contributed by atoms with van der Waals surface area (Å²) in [5, 5.41) is 7.28. The van der Waals surface area contributed by atoms with E-state index in [4.69, 9.17) is 0 Å². The first kappa shape index (κ1) is 19.1. The first-order valence-electron chi connectivity index (χ1n) is 10.2. The second kappa shape index (κ2) is 8.49. The zero-order valence-corrected chi connectivity index (χ0v) is 16.9. The highest BCUT2D eigenvalue weighted by atomic mass is 16.2. The van der Waals surface area contributed by atoms with Gasteiger partial charge in [0.2, 0.25) is 5.91 Å². The van der Waals surface area contributed by atoms with Crippen LogP contribution in [0.25, 0.3) is 22.3 Å². The van der Waals surface area contributed by atoms with Crippen molar-refractivity contribution in [2.24, 2.45) is 0 Å². The predicted molar refractivity (Wildman–Crippen MR) is 119 cm³/mol. The highest BCUT2D eigenvalue weighted by molar-refractivity contribution is 5.93. The molecule has 1 aliphatic heterocycles. The van der Waals surface area contributed by atoms with Crippen LogP contribution in [0.2, 0.25) is 0 Å². The Morgan fingerprint density at radius 1 is 1.00 bits per heavy atom. The molecule has 0 atom stereocenters. The van der Waals surface area contributed by atoms with E-state index in [1.54, 1.807) is 37.1 Å². The molecule has 0 bridgehead atoms. The van der Waals surface area contributed by atoms with Crippen LogP contribution in [0.1, 0.15) is 0 Å². The molecule has 0 spiro atoms. The zero-order chi connectivity index (χ0) is 21.0. The second-order valence-corrected chi connectivity index (χ2v) is 7.32. The molecule has 5 heterocycles. The van der Waals surface area contributed by atoms with Crippen molar-refractivity contribution < 1.29 is 4.79 Å². The van der Waals surface area contributed by atoms with Crippen molar-refractivity contribution in [3.8, 4) is 11.3 Å². The Hall–Kier alpha value is -3.85. The number of nitrogens with one attached hydrogen (secondary N) is 2. The molecule has 0 radical (unpaired) electrons. The van der Waals surface area contributed by atoms with E-state index in [2.05, 4.69) is 35.5 Å². The van der Waals surface area contributed by atoms with Crippen LogP contribution in [0.5, 0.6) is 0 Å². The average Bonchev–Trinajstić information content (AvgIpc) is 3.23. The fourth-order valence-corrected chi connectivity index (χ4v) is 3.79. The molecule has 1 fully saturated rings. The third-order valence-corrected chi connectivity index (χ3v) is 5.30. The Morgan fingerprint density at radius 2 is 1.90 bits per heavy atom. The number of rotatable bonds is 5. The summed E-state index contributed by atoms with van der Waals surface area (Å²) in [7, 11) is 0. The van der Waals surface area contributed by atoms with Crippen LogP contribution < -0.4 is 15.5 Å². The summed E-state index contributed by atoms with van der Waals surface area (Å²) in [6.07, 6.45) is 10.3. The molecule has 0 unspecified atom stereocenters. The van der Waals surface area contributed by atoms with E-state index in [1.807, 2.05) is 29.0 Å². The number of anilines is 2. The molecular weight excluding hydrogens is 392 g/mol. The molecular formula is C22H22N8O. The van der Waals surface area contributed by atoms with E-state index in [-0.39, 0.29) is 12.5 Å². The normalized spacial score (nSPS) is 14.0. The number of aromatic nitrogens is 5. The topological polar surface area (TPSA) is 101 Å². The number of carbonyl (C=O) groups is 1. The summed E-state index contributed by atoms with van der Waals surface area (Å²) in [4.78, 5) is 32.1. The van der Waals surface area contributed by atoms with E-state index in [0.29, 0.717) is 5.82 Å². The highest BCUT2D eigenvalue weighted by Crippen LogP contribution is 2.26. The molecule has 9 heteroatoms. The third-order valence-electron chi connectivity index (χ3n) is 5.30. The van der Waals surface area contributed by atoms with Gasteiger partial charge in [0, 0.05) is 73.8 Å². The van der Waals surface area contributed by atoms with Gasteiger partial charge in [-0.15, -0.1) is 0 Å². The zero-order valence-electron chi connectivity index (χ0n) is 16.9. The van der Waals surface area contributed by atoms with Crippen molar-refractivity contribution in [2.45, 2.75) is 6.54 Å². The Bertz CT molecular complexity index is 1180. The van der Waals surface area contributed by atoms with Crippen molar-refractivity contribution in [1.82, 2.24) is 29.8 Å². The van der Waals surface area contributed by atoms with Crippen LogP contribution in [0.15, 0.2) is 61.4 Å². The third kappa shape index (κ3) is 4.08. The highest BCUT2D eigenvalue weighted by Gasteiger charge is 2.16. The van der Waals surface area contributed by atoms with E-state index in [1.165, 1.54) is 0 Å². The fraction of sp³-hybridized carbons (Fsp3) is 0.227. The minimum atomic E-state index is -0.161. The molecule has 2 N–H and O–H groups in total. The van der Waals surface area contributed by atoms with Gasteiger partial charge >= 0.3 is 0 Å². The van der Waals surface area contributed by atoms with Crippen LogP contribution in [-0.4, -0.2) is 56.6 Å². The molecule has 9 nitrogen and oxygen atoms in total. The Morgan fingerprint density at radius 3 is 2.68 bits per heavy atom. The summed E-state index contributed by atoms with van der Waals surface area (Å²) < 4.78 is 1.87. The summed E-state index contributed by atoms with van der Waals surface area (Å²) in [5.41, 5.74) is 3.54. The second-order valence-electron chi connectivity index (χ2n) is 7.32. The minimum absolute atomic E-state index is 0.161. The monoisotopic (exact) mass is 414 g/mol. The van der Waals surface area contributed by atoms with Gasteiger partial charge in [0.25, 0.3) is 0 Å². The molecule has 1 aliphatic rings. The number of hydrogen-bond acceptors (Lipinski definition) is 7. The lowest BCUT2D eigenvalue weighted by molar-refractivity contribution is -0.116. The van der Waals surface area contributed by atoms with Crippen molar-refractivity contribution in [3.05, 3.63) is 61.4 Å². The van der Waals surface area contributed by atoms with Crippen LogP contribution in [-0.2, 0) is 11.3 Å². The van der Waals surface area contributed by atoms with Crippen LogP contribution >= 0.6 is 0 Å². The molecule has 156 valence electrons. The number of carbonyl (C=O) groups excluding carboxylic acids is 1. The van der Waals surface area contributed by atoms with Gasteiger partial charge in [0.15, 0.2) is 0 Å². The maximum absolute atomic E-state index is 12.6. The van der Waals surface area contributed by atoms with Crippen molar-refractivity contribution >= 4 is 28.4 Å². The molecule has 1 saturated heterocycles. The van der Waals surface area contributed by atoms with Gasteiger partial charge in [-0.05, 0) is 24.3 Å². The summed E-state index contributed by atoms with van der Waals surface area (Å²) in [5.74, 6) is 0.329. The van der Waals surface area contributed by atoms with Crippen LogP contribution in [0, 0.1) is 0 Å². The van der Waals surface area contributed by atoms with E-state index >= 15 is 0 Å². The van der Waals surface area contributed by atoms with Gasteiger partial charge in [0.1, 0.15) is 18.0 Å². The molecule has 4 aromatic rings. The van der Waals surface area contributed by atoms with E-state index in [9.17, 15) is 4.79 Å². The fourth-order valence-electron chi connectivity index (χ4n) is 3.79. The lowest BCUT2D eigenvalue weighted by Crippen LogP contribution is -2.43. The summed E-state index contributed by atoms with van der Waals surface area (Å²) >= 11 is 0. The number of amides is 1. The maximum Gasteiger partial charge on any atom is 0.245 e. The van der Waals surface area contributed by atoms with Crippen molar-refractivity contribution in [2.75, 3.05) is 36.4 Å². The first-order chi connectivity index (χ1) is 15.3. The largest absolute Gasteiger partial charge is 0.368 e. The smallest absolute Gasteiger partial charge is 0.245 e. The van der Waals surface area contributed by atoms with Crippen molar-refractivity contribution in [3.63, 3.8) is 0 Å². The minimum Gasteiger partial charge on any atom is -0.368 e. The van der Waals surface area contributed by atoms with Crippen LogP contribution in [0.4, 0.5) is 11.5 Å². The van der Waals surface area contributed by atoms with Gasteiger partial charge in [0.05, 0.1) is 11.9 Å². The molecule has 5 rings (SSSR count). The van der Waals surface area contributed by atoms with Gasteiger partial charge < -0.3 is 20.1 Å². The Balaban J connectivity index is 1.29. The summed E-state index contributed by atoms with van der Waals surface area (Å²) in [6, 6.07) is 7.69. The Kier molecular flexibility index (Phi) is 5.24. The standard InChI is InChI=1S/C22H22N8O/c31-21(28-20-2-1-16(13-27-20)18-14-24-6-7-25-18)15-30-10-4-17-19(3-5-26-22(17)30)29-11-8-23-9-12-29/h1-7,10,13-14,23H,8-9,11-12,15H2,(H,27,28,31). The van der Waals surface area contributed by atoms with Gasteiger partial charge in [-0.25, -0.2) is 9.97 Å². The molecule has 1 amide bonds. The van der Waals surface area contributed by atoms with Crippen molar-refractivity contribution in [1.29, 1.82) is 0 Å². The maximum atomic E-state index is 12.6. The average molecular weight is 414 g/mol. The molecule has 4 aromatic heterocycles. The Labute approximate surface area is 179 Å². The van der Waals surface area contributed by atoms with Gasteiger partial charge in [-0.3, -0.25) is 14.8 Å². The number of fused-ring (bicyclic) bond motifs is 1. The SMILES string of the molecule is O=C(Cn1ccc2c(N3CCNCC3)ccnc21)Nc1ccc(-c2cnccn2)cn1. The molecule has 0 aromatic carbocycles. The molecule has 0 saturated carbocycles. The number of hydrogen-bond donors (Lipinski definition) is 2. The predicted octanol–water partition coefficient (Wildman–Crippen LogP) is 1.94. The van der Waals surface area contributed by atoms with E-state index < -0.39 is 0 Å². The number of piperazine rings is 1. The van der Waals surface area contributed by atoms with Gasteiger partial charge in [-0.2, -0.15) is 0 Å². The van der Waals surface area contributed by atoms with E-state index in [0.717, 1.165) is 54.2 Å². The number of pyridine rings is 2. The number of nitrogens with zero attached hydrogens (tertiary/aromatic N) is 6. The quantitative estimate of drug-likeness (QED) is 0.515. The summed E-state index contributed by atoms with van der Waals surface area (Å²) in [6.45, 7) is 4.02. The lowest BCUT2D eigenvalue weighted by Gasteiger charge is -2.29. The lowest BCUT2D eigenvalue weighted by atomic mass is 10.2. The molecule has 31 heavy (non-hydrogen) atoms. The van der Waals surface area contributed by atoms with Crippen LogP contribution in [0.3, 0.4) is 0 Å². The molecule has 0 aliphatic carbocycles. The van der Waals surface area contributed by atoms with Gasteiger partial charge in [-0.1, -0.05) is 0 Å². The first-order valence-corrected chi connectivity index (χ1v) is 10.2.